The molecule has 0 aliphatic rings. The zero-order valence-electron chi connectivity index (χ0n) is 15.3. The number of benzene rings is 2. The smallest absolute Gasteiger partial charge is 0.258 e. The zero-order chi connectivity index (χ0) is 19.8. The van der Waals surface area contributed by atoms with Gasteiger partial charge in [0.1, 0.15) is 11.8 Å². The number of hydrogen-bond acceptors (Lipinski definition) is 6. The van der Waals surface area contributed by atoms with E-state index in [9.17, 15) is 4.79 Å². The van der Waals surface area contributed by atoms with Crippen LogP contribution in [0.4, 0.5) is 11.6 Å². The number of anilines is 2. The molecule has 0 bridgehead atoms. The Bertz CT molecular complexity index is 979. The highest BCUT2D eigenvalue weighted by Gasteiger charge is 2.10. The van der Waals surface area contributed by atoms with E-state index in [2.05, 4.69) is 20.6 Å². The number of aromatic nitrogens is 2. The normalized spacial score (nSPS) is 10.0. The average Bonchev–Trinajstić information content (AvgIpc) is 2.75. The zero-order valence-corrected chi connectivity index (χ0v) is 15.3. The van der Waals surface area contributed by atoms with Crippen LogP contribution in [-0.2, 0) is 6.42 Å². The maximum absolute atomic E-state index is 12.3. The van der Waals surface area contributed by atoms with Crippen molar-refractivity contribution in [3.8, 4) is 11.8 Å². The summed E-state index contributed by atoms with van der Waals surface area (Å²) in [5.74, 6) is 0.904. The number of carbonyl (C=O) groups excluding carboxylic acids is 1. The molecule has 0 aliphatic carbocycles. The van der Waals surface area contributed by atoms with Gasteiger partial charge in [-0.25, -0.2) is 9.97 Å². The summed E-state index contributed by atoms with van der Waals surface area (Å²) in [7, 11) is 1.64. The summed E-state index contributed by atoms with van der Waals surface area (Å²) >= 11 is 0. The molecule has 3 aromatic rings. The number of rotatable bonds is 7. The van der Waals surface area contributed by atoms with Gasteiger partial charge in [-0.15, -0.1) is 0 Å². The Labute approximate surface area is 163 Å². The molecular weight excluding hydrogens is 354 g/mol. The van der Waals surface area contributed by atoms with Crippen LogP contribution < -0.4 is 15.4 Å². The number of methoxy groups -OCH3 is 1. The SMILES string of the molecule is COc1ccc(CCNc2ncc(C(=O)Nc3ccccc3C#N)cn2)cc1. The molecule has 2 aromatic carbocycles. The van der Waals surface area contributed by atoms with Gasteiger partial charge in [-0.05, 0) is 36.2 Å². The van der Waals surface area contributed by atoms with Crippen LogP contribution in [0.3, 0.4) is 0 Å². The van der Waals surface area contributed by atoms with Crippen LogP contribution in [0.1, 0.15) is 21.5 Å². The molecule has 0 aliphatic heterocycles. The van der Waals surface area contributed by atoms with E-state index in [0.29, 0.717) is 29.3 Å². The molecule has 0 spiro atoms. The third-order valence-corrected chi connectivity index (χ3v) is 4.07. The molecule has 2 N–H and O–H groups in total. The maximum Gasteiger partial charge on any atom is 0.258 e. The summed E-state index contributed by atoms with van der Waals surface area (Å²) in [4.78, 5) is 20.7. The lowest BCUT2D eigenvalue weighted by Gasteiger charge is -2.08. The lowest BCUT2D eigenvalue weighted by molar-refractivity contribution is 0.102. The Morgan fingerprint density at radius 1 is 1.11 bits per heavy atom. The molecular formula is C21H19N5O2. The van der Waals surface area contributed by atoms with Crippen molar-refractivity contribution in [1.29, 1.82) is 5.26 Å². The van der Waals surface area contributed by atoms with Gasteiger partial charge in [-0.1, -0.05) is 24.3 Å². The molecule has 0 unspecified atom stereocenters. The first-order chi connectivity index (χ1) is 13.7. The lowest BCUT2D eigenvalue weighted by Crippen LogP contribution is -2.14. The molecule has 1 amide bonds. The fraction of sp³-hybridized carbons (Fsp3) is 0.143. The van der Waals surface area contributed by atoms with Gasteiger partial charge in [-0.2, -0.15) is 5.26 Å². The number of amides is 1. The highest BCUT2D eigenvalue weighted by molar-refractivity contribution is 6.04. The molecule has 7 heteroatoms. The molecule has 140 valence electrons. The van der Waals surface area contributed by atoms with Gasteiger partial charge in [0.05, 0.1) is 23.9 Å². The van der Waals surface area contributed by atoms with E-state index in [1.165, 1.54) is 18.0 Å². The average molecular weight is 373 g/mol. The monoisotopic (exact) mass is 373 g/mol. The molecule has 1 aromatic heterocycles. The van der Waals surface area contributed by atoms with E-state index in [0.717, 1.165) is 12.2 Å². The summed E-state index contributed by atoms with van der Waals surface area (Å²) < 4.78 is 5.14. The predicted molar refractivity (Wildman–Crippen MR) is 106 cm³/mol. The quantitative estimate of drug-likeness (QED) is 0.659. The summed E-state index contributed by atoms with van der Waals surface area (Å²) in [6.07, 6.45) is 3.71. The van der Waals surface area contributed by atoms with E-state index in [4.69, 9.17) is 10.00 Å². The van der Waals surface area contributed by atoms with Crippen molar-refractivity contribution in [2.75, 3.05) is 24.3 Å². The third kappa shape index (κ3) is 4.83. The van der Waals surface area contributed by atoms with Gasteiger partial charge >= 0.3 is 0 Å². The van der Waals surface area contributed by atoms with Crippen LogP contribution in [0, 0.1) is 11.3 Å². The van der Waals surface area contributed by atoms with Crippen molar-refractivity contribution < 1.29 is 9.53 Å². The van der Waals surface area contributed by atoms with Crippen molar-refractivity contribution >= 4 is 17.5 Å². The minimum atomic E-state index is -0.368. The van der Waals surface area contributed by atoms with Crippen LogP contribution in [-0.4, -0.2) is 29.5 Å². The molecule has 7 nitrogen and oxygen atoms in total. The number of nitrogens with one attached hydrogen (secondary N) is 2. The van der Waals surface area contributed by atoms with Gasteiger partial charge < -0.3 is 15.4 Å². The van der Waals surface area contributed by atoms with Gasteiger partial charge in [-0.3, -0.25) is 4.79 Å². The van der Waals surface area contributed by atoms with E-state index in [1.807, 2.05) is 30.3 Å². The summed E-state index contributed by atoms with van der Waals surface area (Å²) in [5.41, 5.74) is 2.33. The van der Waals surface area contributed by atoms with E-state index in [-0.39, 0.29) is 5.91 Å². The van der Waals surface area contributed by atoms with Gasteiger partial charge in [0.25, 0.3) is 5.91 Å². The first kappa shape index (κ1) is 18.9. The highest BCUT2D eigenvalue weighted by atomic mass is 16.5. The second-order valence-corrected chi connectivity index (χ2v) is 5.93. The molecule has 0 radical (unpaired) electrons. The number of para-hydroxylation sites is 1. The van der Waals surface area contributed by atoms with Crippen molar-refractivity contribution in [3.05, 3.63) is 77.6 Å². The molecule has 0 saturated heterocycles. The largest absolute Gasteiger partial charge is 0.497 e. The van der Waals surface area contributed by atoms with Gasteiger partial charge in [0, 0.05) is 18.9 Å². The Balaban J connectivity index is 1.54. The summed E-state index contributed by atoms with van der Waals surface area (Å²) in [6.45, 7) is 0.660. The van der Waals surface area contributed by atoms with Crippen molar-refractivity contribution in [1.82, 2.24) is 9.97 Å². The van der Waals surface area contributed by atoms with Crippen molar-refractivity contribution in [3.63, 3.8) is 0 Å². The van der Waals surface area contributed by atoms with Crippen LogP contribution >= 0.6 is 0 Å². The Hall–Kier alpha value is -3.92. The number of nitrogens with zero attached hydrogens (tertiary/aromatic N) is 3. The van der Waals surface area contributed by atoms with Crippen LogP contribution in [0.5, 0.6) is 5.75 Å². The van der Waals surface area contributed by atoms with Gasteiger partial charge in [0.2, 0.25) is 5.95 Å². The first-order valence-corrected chi connectivity index (χ1v) is 8.69. The van der Waals surface area contributed by atoms with Crippen LogP contribution in [0.2, 0.25) is 0 Å². The summed E-state index contributed by atoms with van der Waals surface area (Å²) in [5, 5.41) is 14.9. The highest BCUT2D eigenvalue weighted by Crippen LogP contribution is 2.15. The Kier molecular flexibility index (Phi) is 6.16. The molecule has 0 saturated carbocycles. The molecule has 1 heterocycles. The van der Waals surface area contributed by atoms with E-state index in [1.54, 1.807) is 31.4 Å². The van der Waals surface area contributed by atoms with Crippen molar-refractivity contribution in [2.24, 2.45) is 0 Å². The minimum absolute atomic E-state index is 0.313. The maximum atomic E-state index is 12.3. The molecule has 28 heavy (non-hydrogen) atoms. The second-order valence-electron chi connectivity index (χ2n) is 5.93. The number of carbonyl (C=O) groups is 1. The van der Waals surface area contributed by atoms with Crippen LogP contribution in [0.25, 0.3) is 0 Å². The second kappa shape index (κ2) is 9.14. The number of nitriles is 1. The molecule has 0 atom stereocenters. The predicted octanol–water partition coefficient (Wildman–Crippen LogP) is 3.26. The third-order valence-electron chi connectivity index (χ3n) is 4.07. The first-order valence-electron chi connectivity index (χ1n) is 8.69. The fourth-order valence-corrected chi connectivity index (χ4v) is 2.53. The standard InChI is InChI=1S/C21H19N5O2/c1-28-18-8-6-15(7-9-18)10-11-23-21-24-13-17(14-25-21)20(27)26-19-5-3-2-4-16(19)12-22/h2-9,13-14H,10-11H2,1H3,(H,26,27)(H,23,24,25). The minimum Gasteiger partial charge on any atom is -0.497 e. The van der Waals surface area contributed by atoms with Crippen LogP contribution in [0.15, 0.2) is 60.9 Å². The molecule has 3 rings (SSSR count). The van der Waals surface area contributed by atoms with Crippen molar-refractivity contribution in [2.45, 2.75) is 6.42 Å². The van der Waals surface area contributed by atoms with E-state index >= 15 is 0 Å². The Morgan fingerprint density at radius 2 is 1.82 bits per heavy atom. The summed E-state index contributed by atoms with van der Waals surface area (Å²) in [6, 6.07) is 16.7. The van der Waals surface area contributed by atoms with Gasteiger partial charge in [0.15, 0.2) is 0 Å². The fourth-order valence-electron chi connectivity index (χ4n) is 2.53. The molecule has 0 fully saturated rings. The number of ether oxygens (including phenoxy) is 1. The lowest BCUT2D eigenvalue weighted by atomic mass is 10.1. The van der Waals surface area contributed by atoms with E-state index < -0.39 is 0 Å². The number of hydrogen-bond donors (Lipinski definition) is 2. The topological polar surface area (TPSA) is 99.9 Å². The Morgan fingerprint density at radius 3 is 2.50 bits per heavy atom.